The van der Waals surface area contributed by atoms with Crippen molar-refractivity contribution in [3.63, 3.8) is 0 Å². The number of aryl methyl sites for hydroxylation is 1. The average Bonchev–Trinajstić information content (AvgIpc) is 2.34. The molecule has 1 unspecified atom stereocenters. The number of aliphatic carboxylic acids is 1. The Labute approximate surface area is 104 Å². The molecular weight excluding hydrogens is 236 g/mol. The molecule has 2 N–H and O–H groups in total. The molecule has 96 valence electrons. The van der Waals surface area contributed by atoms with Crippen LogP contribution in [0.1, 0.15) is 17.2 Å². The number of carboxylic acid groups (broad SMARTS) is 1. The zero-order valence-corrected chi connectivity index (χ0v) is 9.87. The molecule has 0 saturated carbocycles. The van der Waals surface area contributed by atoms with Gasteiger partial charge in [-0.05, 0) is 12.5 Å². The van der Waals surface area contributed by atoms with Crippen LogP contribution < -0.4 is 0 Å². The summed E-state index contributed by atoms with van der Waals surface area (Å²) in [5.41, 5.74) is 1.70. The lowest BCUT2D eigenvalue weighted by Gasteiger charge is -2.10. The number of carbonyl (C=O) groups is 2. The van der Waals surface area contributed by atoms with Crippen LogP contribution in [0.2, 0.25) is 0 Å². The molecule has 0 aliphatic carbocycles. The van der Waals surface area contributed by atoms with Gasteiger partial charge in [0, 0.05) is 12.2 Å². The number of ether oxygens (including phenoxy) is 1. The van der Waals surface area contributed by atoms with Crippen LogP contribution in [-0.2, 0) is 14.3 Å². The van der Waals surface area contributed by atoms with Crippen LogP contribution in [-0.4, -0.2) is 28.8 Å². The smallest absolute Gasteiger partial charge is 0.331 e. The third-order valence-electron chi connectivity index (χ3n) is 2.21. The second-order valence-electron chi connectivity index (χ2n) is 3.73. The maximum absolute atomic E-state index is 11.1. The second kappa shape index (κ2) is 6.56. The Morgan fingerprint density at radius 2 is 1.89 bits per heavy atom. The highest BCUT2D eigenvalue weighted by Crippen LogP contribution is 2.13. The van der Waals surface area contributed by atoms with Crippen molar-refractivity contribution in [1.29, 1.82) is 0 Å². The van der Waals surface area contributed by atoms with E-state index in [-0.39, 0.29) is 6.61 Å². The fraction of sp³-hybridized carbons (Fsp3) is 0.231. The number of hydrogen-bond donors (Lipinski definition) is 2. The van der Waals surface area contributed by atoms with E-state index in [1.807, 2.05) is 19.1 Å². The van der Waals surface area contributed by atoms with E-state index in [0.29, 0.717) is 11.6 Å². The van der Waals surface area contributed by atoms with Crippen LogP contribution >= 0.6 is 0 Å². The van der Waals surface area contributed by atoms with Gasteiger partial charge in [0.25, 0.3) is 0 Å². The van der Waals surface area contributed by atoms with Crippen molar-refractivity contribution in [2.45, 2.75) is 13.0 Å². The summed E-state index contributed by atoms with van der Waals surface area (Å²) < 4.78 is 4.70. The summed E-state index contributed by atoms with van der Waals surface area (Å²) in [6, 6.07) is 7.15. The minimum atomic E-state index is -1.23. The van der Waals surface area contributed by atoms with Crippen molar-refractivity contribution in [2.24, 2.45) is 0 Å². The Hall–Kier alpha value is -2.14. The van der Waals surface area contributed by atoms with Crippen molar-refractivity contribution in [1.82, 2.24) is 0 Å². The lowest BCUT2D eigenvalue weighted by atomic mass is 10.1. The van der Waals surface area contributed by atoms with Gasteiger partial charge < -0.3 is 14.9 Å². The number of aliphatic hydroxyl groups excluding tert-OH is 1. The molecular formula is C13H14O5. The van der Waals surface area contributed by atoms with Crippen LogP contribution in [0.15, 0.2) is 36.4 Å². The summed E-state index contributed by atoms with van der Waals surface area (Å²) >= 11 is 0. The molecule has 0 amide bonds. The van der Waals surface area contributed by atoms with Gasteiger partial charge in [-0.2, -0.15) is 0 Å². The van der Waals surface area contributed by atoms with Crippen molar-refractivity contribution >= 4 is 11.9 Å². The molecule has 0 heterocycles. The second-order valence-corrected chi connectivity index (χ2v) is 3.73. The Bertz CT molecular complexity index is 447. The van der Waals surface area contributed by atoms with Gasteiger partial charge in [-0.3, -0.25) is 0 Å². The highest BCUT2D eigenvalue weighted by molar-refractivity contribution is 5.90. The Kier molecular flexibility index (Phi) is 5.07. The number of carbonyl (C=O) groups excluding carboxylic acids is 1. The molecule has 1 rings (SSSR count). The molecule has 18 heavy (non-hydrogen) atoms. The highest BCUT2D eigenvalue weighted by Gasteiger charge is 2.09. The number of aliphatic hydroxyl groups is 1. The van der Waals surface area contributed by atoms with Crippen molar-refractivity contribution in [3.05, 3.63) is 47.5 Å². The molecule has 0 spiro atoms. The SMILES string of the molecule is Cc1ccc(C(O)COC(=O)/C=C/C(=O)O)cc1. The lowest BCUT2D eigenvalue weighted by molar-refractivity contribution is -0.141. The van der Waals surface area contributed by atoms with Crippen molar-refractivity contribution < 1.29 is 24.5 Å². The van der Waals surface area contributed by atoms with E-state index >= 15 is 0 Å². The number of esters is 1. The molecule has 0 saturated heterocycles. The van der Waals surface area contributed by atoms with Crippen molar-refractivity contribution in [3.8, 4) is 0 Å². The summed E-state index contributed by atoms with van der Waals surface area (Å²) in [5.74, 6) is -2.03. The molecule has 0 radical (unpaired) electrons. The van der Waals surface area contributed by atoms with Crippen LogP contribution in [0.4, 0.5) is 0 Å². The first-order valence-corrected chi connectivity index (χ1v) is 5.31. The summed E-state index contributed by atoms with van der Waals surface area (Å²) in [6.45, 7) is 1.71. The third-order valence-corrected chi connectivity index (χ3v) is 2.21. The molecule has 1 atom stereocenters. The normalized spacial score (nSPS) is 12.3. The molecule has 5 nitrogen and oxygen atoms in total. The molecule has 0 aromatic heterocycles. The van der Waals surface area contributed by atoms with Gasteiger partial charge in [0.2, 0.25) is 0 Å². The zero-order chi connectivity index (χ0) is 13.5. The molecule has 0 fully saturated rings. The fourth-order valence-electron chi connectivity index (χ4n) is 1.23. The lowest BCUT2D eigenvalue weighted by Crippen LogP contribution is -2.11. The van der Waals surface area contributed by atoms with E-state index in [0.717, 1.165) is 11.6 Å². The van der Waals surface area contributed by atoms with Gasteiger partial charge in [0.1, 0.15) is 12.7 Å². The maximum Gasteiger partial charge on any atom is 0.331 e. The molecule has 1 aromatic rings. The van der Waals surface area contributed by atoms with Crippen LogP contribution in [0.5, 0.6) is 0 Å². The monoisotopic (exact) mass is 250 g/mol. The standard InChI is InChI=1S/C13H14O5/c1-9-2-4-10(5-3-9)11(14)8-18-13(17)7-6-12(15)16/h2-7,11,14H,8H2,1H3,(H,15,16)/b7-6+. The molecule has 5 heteroatoms. The van der Waals surface area contributed by atoms with E-state index in [1.165, 1.54) is 0 Å². The third kappa shape index (κ3) is 4.80. The largest absolute Gasteiger partial charge is 0.478 e. The van der Waals surface area contributed by atoms with E-state index in [4.69, 9.17) is 9.84 Å². The minimum Gasteiger partial charge on any atom is -0.478 e. The van der Waals surface area contributed by atoms with Crippen molar-refractivity contribution in [2.75, 3.05) is 6.61 Å². The predicted octanol–water partition coefficient (Wildman–Crippen LogP) is 1.21. The Morgan fingerprint density at radius 3 is 2.44 bits per heavy atom. The summed E-state index contributed by atoms with van der Waals surface area (Å²) in [4.78, 5) is 21.2. The number of hydrogen-bond acceptors (Lipinski definition) is 4. The number of carboxylic acids is 1. The minimum absolute atomic E-state index is 0.216. The van der Waals surface area contributed by atoms with Gasteiger partial charge in [-0.25, -0.2) is 9.59 Å². The van der Waals surface area contributed by atoms with Gasteiger partial charge >= 0.3 is 11.9 Å². The summed E-state index contributed by atoms with van der Waals surface area (Å²) in [6.07, 6.45) is 0.554. The summed E-state index contributed by atoms with van der Waals surface area (Å²) in [7, 11) is 0. The zero-order valence-electron chi connectivity index (χ0n) is 9.87. The maximum atomic E-state index is 11.1. The van der Waals surface area contributed by atoms with E-state index in [2.05, 4.69) is 0 Å². The van der Waals surface area contributed by atoms with Gasteiger partial charge in [0.05, 0.1) is 0 Å². The van der Waals surface area contributed by atoms with E-state index in [1.54, 1.807) is 12.1 Å². The Morgan fingerprint density at radius 1 is 1.28 bits per heavy atom. The van der Waals surface area contributed by atoms with Crippen LogP contribution in [0.25, 0.3) is 0 Å². The number of rotatable bonds is 5. The molecule has 0 aliphatic rings. The average molecular weight is 250 g/mol. The first-order chi connectivity index (χ1) is 8.49. The van der Waals surface area contributed by atoms with E-state index < -0.39 is 18.0 Å². The highest BCUT2D eigenvalue weighted by atomic mass is 16.5. The van der Waals surface area contributed by atoms with E-state index in [9.17, 15) is 14.7 Å². The molecule has 0 aliphatic heterocycles. The van der Waals surface area contributed by atoms with Crippen LogP contribution in [0.3, 0.4) is 0 Å². The van der Waals surface area contributed by atoms with Gasteiger partial charge in [-0.15, -0.1) is 0 Å². The topological polar surface area (TPSA) is 83.8 Å². The first-order valence-electron chi connectivity index (χ1n) is 5.31. The van der Waals surface area contributed by atoms with Crippen LogP contribution in [0, 0.1) is 6.92 Å². The first kappa shape index (κ1) is 13.9. The Balaban J connectivity index is 2.46. The van der Waals surface area contributed by atoms with Gasteiger partial charge in [0.15, 0.2) is 0 Å². The predicted molar refractivity (Wildman–Crippen MR) is 63.9 cm³/mol. The summed E-state index contributed by atoms with van der Waals surface area (Å²) in [5, 5.41) is 18.0. The molecule has 0 bridgehead atoms. The van der Waals surface area contributed by atoms with Gasteiger partial charge in [-0.1, -0.05) is 29.8 Å². The quantitative estimate of drug-likeness (QED) is 0.606. The molecule has 1 aromatic carbocycles. The fourth-order valence-corrected chi connectivity index (χ4v) is 1.23. The number of benzene rings is 1.